The lowest BCUT2D eigenvalue weighted by molar-refractivity contribution is 0.102. The molecular formula is C15H14BrNO3. The van der Waals surface area contributed by atoms with Crippen LogP contribution in [0, 0.1) is 6.92 Å². The number of hydrogen-bond acceptors (Lipinski definition) is 3. The number of carbonyl (C=O) groups excluding carboxylic acids is 1. The van der Waals surface area contributed by atoms with Crippen molar-refractivity contribution < 1.29 is 14.6 Å². The summed E-state index contributed by atoms with van der Waals surface area (Å²) >= 11 is 3.36. The molecule has 20 heavy (non-hydrogen) atoms. The Morgan fingerprint density at radius 1 is 1.25 bits per heavy atom. The van der Waals surface area contributed by atoms with E-state index >= 15 is 0 Å². The molecule has 5 heteroatoms. The first kappa shape index (κ1) is 14.4. The van der Waals surface area contributed by atoms with Gasteiger partial charge in [-0.3, -0.25) is 4.79 Å². The van der Waals surface area contributed by atoms with Crippen molar-refractivity contribution in [3.8, 4) is 11.5 Å². The summed E-state index contributed by atoms with van der Waals surface area (Å²) in [5.74, 6) is 0.0125. The minimum absolute atomic E-state index is 0.116. The Bertz CT molecular complexity index is 656. The third-order valence-corrected chi connectivity index (χ3v) is 3.39. The fourth-order valence-corrected chi connectivity index (χ4v) is 2.11. The molecule has 0 fully saturated rings. The molecule has 0 bridgehead atoms. The van der Waals surface area contributed by atoms with Crippen LogP contribution in [-0.2, 0) is 0 Å². The number of carbonyl (C=O) groups is 1. The van der Waals surface area contributed by atoms with Gasteiger partial charge in [-0.15, -0.1) is 0 Å². The predicted molar refractivity (Wildman–Crippen MR) is 81.5 cm³/mol. The summed E-state index contributed by atoms with van der Waals surface area (Å²) in [6.07, 6.45) is 0. The molecule has 2 N–H and O–H groups in total. The fraction of sp³-hybridized carbons (Fsp3) is 0.133. The van der Waals surface area contributed by atoms with Gasteiger partial charge in [0.15, 0.2) is 0 Å². The molecule has 2 rings (SSSR count). The van der Waals surface area contributed by atoms with Crippen LogP contribution in [0.25, 0.3) is 0 Å². The summed E-state index contributed by atoms with van der Waals surface area (Å²) in [4.78, 5) is 12.2. The van der Waals surface area contributed by atoms with Gasteiger partial charge in [0.25, 0.3) is 5.91 Å². The molecule has 0 saturated heterocycles. The van der Waals surface area contributed by atoms with E-state index in [1.807, 2.05) is 25.1 Å². The average molecular weight is 336 g/mol. The zero-order chi connectivity index (χ0) is 14.7. The van der Waals surface area contributed by atoms with E-state index in [9.17, 15) is 9.90 Å². The highest BCUT2D eigenvalue weighted by Gasteiger charge is 2.13. The quantitative estimate of drug-likeness (QED) is 0.898. The van der Waals surface area contributed by atoms with Crippen LogP contribution in [0.1, 0.15) is 15.9 Å². The van der Waals surface area contributed by atoms with E-state index in [-0.39, 0.29) is 17.2 Å². The van der Waals surface area contributed by atoms with Crippen LogP contribution in [0.5, 0.6) is 11.5 Å². The number of aromatic hydroxyl groups is 1. The molecule has 2 aromatic carbocycles. The lowest BCUT2D eigenvalue weighted by atomic mass is 10.1. The van der Waals surface area contributed by atoms with Gasteiger partial charge < -0.3 is 15.2 Å². The van der Waals surface area contributed by atoms with Gasteiger partial charge in [0.1, 0.15) is 11.5 Å². The van der Waals surface area contributed by atoms with Gasteiger partial charge in [0.05, 0.1) is 12.7 Å². The van der Waals surface area contributed by atoms with E-state index in [0.717, 1.165) is 10.0 Å². The summed E-state index contributed by atoms with van der Waals surface area (Å²) in [6.45, 7) is 1.90. The molecule has 0 aromatic heterocycles. The van der Waals surface area contributed by atoms with Crippen molar-refractivity contribution in [3.05, 3.63) is 52.0 Å². The van der Waals surface area contributed by atoms with Gasteiger partial charge in [-0.25, -0.2) is 0 Å². The molecule has 0 atom stereocenters. The zero-order valence-electron chi connectivity index (χ0n) is 11.1. The van der Waals surface area contributed by atoms with Crippen LogP contribution < -0.4 is 10.1 Å². The van der Waals surface area contributed by atoms with Crippen LogP contribution in [0.4, 0.5) is 5.69 Å². The third-order valence-electron chi connectivity index (χ3n) is 2.90. The average Bonchev–Trinajstić information content (AvgIpc) is 2.42. The van der Waals surface area contributed by atoms with Crippen LogP contribution in [0.3, 0.4) is 0 Å². The van der Waals surface area contributed by atoms with Crippen LogP contribution in [0.15, 0.2) is 40.9 Å². The molecule has 2 aromatic rings. The zero-order valence-corrected chi connectivity index (χ0v) is 12.7. The molecule has 0 radical (unpaired) electrons. The minimum Gasteiger partial charge on any atom is -0.507 e. The van der Waals surface area contributed by atoms with E-state index in [4.69, 9.17) is 4.74 Å². The van der Waals surface area contributed by atoms with E-state index < -0.39 is 0 Å². The predicted octanol–water partition coefficient (Wildman–Crippen LogP) is 3.72. The summed E-state index contributed by atoms with van der Waals surface area (Å²) in [6, 6.07) is 10.2. The highest BCUT2D eigenvalue weighted by Crippen LogP contribution is 2.26. The molecule has 104 valence electrons. The van der Waals surface area contributed by atoms with E-state index in [2.05, 4.69) is 21.2 Å². The number of halogens is 1. The molecule has 4 nitrogen and oxygen atoms in total. The number of phenols is 1. The molecule has 1 amide bonds. The van der Waals surface area contributed by atoms with Gasteiger partial charge >= 0.3 is 0 Å². The molecule has 0 aliphatic rings. The Morgan fingerprint density at radius 3 is 2.65 bits per heavy atom. The summed E-state index contributed by atoms with van der Waals surface area (Å²) in [5.41, 5.74) is 1.83. The molecule has 0 heterocycles. The number of ether oxygens (including phenoxy) is 1. The molecule has 0 aliphatic carbocycles. The van der Waals surface area contributed by atoms with Gasteiger partial charge in [-0.1, -0.05) is 22.0 Å². The highest BCUT2D eigenvalue weighted by atomic mass is 79.9. The number of nitrogens with one attached hydrogen (secondary N) is 1. The van der Waals surface area contributed by atoms with Crippen LogP contribution in [-0.4, -0.2) is 18.1 Å². The Hall–Kier alpha value is -2.01. The molecular weight excluding hydrogens is 322 g/mol. The SMILES string of the molecule is COc1ccc(C(=O)Nc2cc(Br)ccc2C)c(O)c1. The van der Waals surface area contributed by atoms with Gasteiger partial charge in [0, 0.05) is 16.2 Å². The molecule has 0 aliphatic heterocycles. The maximum absolute atomic E-state index is 12.2. The lowest BCUT2D eigenvalue weighted by Crippen LogP contribution is -2.13. The lowest BCUT2D eigenvalue weighted by Gasteiger charge is -2.10. The Labute approximate surface area is 125 Å². The van der Waals surface area contributed by atoms with Crippen molar-refractivity contribution in [2.45, 2.75) is 6.92 Å². The second kappa shape index (κ2) is 5.96. The van der Waals surface area contributed by atoms with Crippen molar-refractivity contribution in [2.75, 3.05) is 12.4 Å². The maximum Gasteiger partial charge on any atom is 0.259 e. The first-order valence-electron chi connectivity index (χ1n) is 5.96. The van der Waals surface area contributed by atoms with Gasteiger partial charge in [-0.2, -0.15) is 0 Å². The van der Waals surface area contributed by atoms with Crippen molar-refractivity contribution in [2.24, 2.45) is 0 Å². The Kier molecular flexibility index (Phi) is 4.29. The largest absolute Gasteiger partial charge is 0.507 e. The molecule has 0 spiro atoms. The second-order valence-corrected chi connectivity index (χ2v) is 5.21. The number of aryl methyl sites for hydroxylation is 1. The highest BCUT2D eigenvalue weighted by molar-refractivity contribution is 9.10. The normalized spacial score (nSPS) is 10.2. The minimum atomic E-state index is -0.369. The smallest absolute Gasteiger partial charge is 0.259 e. The number of benzene rings is 2. The van der Waals surface area contributed by atoms with E-state index in [0.29, 0.717) is 11.4 Å². The van der Waals surface area contributed by atoms with Crippen molar-refractivity contribution in [3.63, 3.8) is 0 Å². The number of hydrogen-bond donors (Lipinski definition) is 2. The van der Waals surface area contributed by atoms with E-state index in [1.54, 1.807) is 6.07 Å². The van der Waals surface area contributed by atoms with Gasteiger partial charge in [-0.05, 0) is 36.8 Å². The monoisotopic (exact) mass is 335 g/mol. The standard InChI is InChI=1S/C15H14BrNO3/c1-9-3-4-10(16)7-13(9)17-15(19)12-6-5-11(20-2)8-14(12)18/h3-8,18H,1-2H3,(H,17,19). The number of phenolic OH excluding ortho intramolecular Hbond substituents is 1. The molecule has 0 unspecified atom stereocenters. The first-order chi connectivity index (χ1) is 9.51. The Morgan fingerprint density at radius 2 is 2.00 bits per heavy atom. The maximum atomic E-state index is 12.2. The summed E-state index contributed by atoms with van der Waals surface area (Å²) in [5, 5.41) is 12.6. The molecule has 0 saturated carbocycles. The van der Waals surface area contributed by atoms with Crippen molar-refractivity contribution in [1.29, 1.82) is 0 Å². The number of amides is 1. The number of methoxy groups -OCH3 is 1. The topological polar surface area (TPSA) is 58.6 Å². The number of rotatable bonds is 3. The van der Waals surface area contributed by atoms with E-state index in [1.165, 1.54) is 19.2 Å². The first-order valence-corrected chi connectivity index (χ1v) is 6.75. The summed E-state index contributed by atoms with van der Waals surface area (Å²) in [7, 11) is 1.50. The van der Waals surface area contributed by atoms with Gasteiger partial charge in [0.2, 0.25) is 0 Å². The van der Waals surface area contributed by atoms with Crippen molar-refractivity contribution in [1.82, 2.24) is 0 Å². The van der Waals surface area contributed by atoms with Crippen LogP contribution in [0.2, 0.25) is 0 Å². The second-order valence-electron chi connectivity index (χ2n) is 4.30. The van der Waals surface area contributed by atoms with Crippen molar-refractivity contribution >= 4 is 27.5 Å². The summed E-state index contributed by atoms with van der Waals surface area (Å²) < 4.78 is 5.86. The van der Waals surface area contributed by atoms with Crippen LogP contribution >= 0.6 is 15.9 Å². The Balaban J connectivity index is 2.26. The number of anilines is 1. The fourth-order valence-electron chi connectivity index (χ4n) is 1.75. The third kappa shape index (κ3) is 3.11.